The largest absolute Gasteiger partial charge is 0.373 e. The Kier molecular flexibility index (Phi) is 2.19. The van der Waals surface area contributed by atoms with Crippen LogP contribution in [0, 0.1) is 5.92 Å². The predicted octanol–water partition coefficient (Wildman–Crippen LogP) is 2.85. The second-order valence-corrected chi connectivity index (χ2v) is 6.60. The molecule has 0 saturated carbocycles. The van der Waals surface area contributed by atoms with Crippen LogP contribution in [-0.2, 0) is 6.42 Å². The molecule has 104 valence electrons. The van der Waals surface area contributed by atoms with Gasteiger partial charge in [0.25, 0.3) is 0 Å². The summed E-state index contributed by atoms with van der Waals surface area (Å²) in [5.41, 5.74) is 4.17. The molecule has 0 radical (unpaired) electrons. The number of hydrogen-bond acceptors (Lipinski definition) is 2. The number of aliphatic hydroxyl groups excluding tert-OH is 1. The van der Waals surface area contributed by atoms with Crippen molar-refractivity contribution in [3.05, 3.63) is 35.5 Å². The van der Waals surface area contributed by atoms with E-state index in [0.29, 0.717) is 12.0 Å². The van der Waals surface area contributed by atoms with Crippen molar-refractivity contribution >= 4 is 10.9 Å². The number of para-hydroxylation sites is 1. The zero-order chi connectivity index (χ0) is 13.3. The Morgan fingerprint density at radius 1 is 1.15 bits per heavy atom. The molecule has 1 aromatic carbocycles. The van der Waals surface area contributed by atoms with E-state index in [9.17, 15) is 5.11 Å². The lowest BCUT2D eigenvalue weighted by Gasteiger charge is -2.48. The molecule has 3 heteroatoms. The Hall–Kier alpha value is -1.32. The highest BCUT2D eigenvalue weighted by Gasteiger charge is 2.44. The van der Waals surface area contributed by atoms with E-state index >= 15 is 0 Å². The topological polar surface area (TPSA) is 28.4 Å². The van der Waals surface area contributed by atoms with Crippen LogP contribution in [0.1, 0.15) is 42.8 Å². The van der Waals surface area contributed by atoms with Crippen LogP contribution in [0.15, 0.2) is 24.3 Å². The summed E-state index contributed by atoms with van der Waals surface area (Å²) in [4.78, 5) is 2.66. The number of nitrogens with zero attached hydrogens (tertiary/aromatic N) is 2. The van der Waals surface area contributed by atoms with Gasteiger partial charge in [0.15, 0.2) is 0 Å². The van der Waals surface area contributed by atoms with Crippen LogP contribution in [0.2, 0.25) is 0 Å². The second-order valence-electron chi connectivity index (χ2n) is 6.60. The molecule has 0 aliphatic carbocycles. The summed E-state index contributed by atoms with van der Waals surface area (Å²) in [5, 5.41) is 12.0. The second kappa shape index (κ2) is 3.86. The quantitative estimate of drug-likeness (QED) is 0.796. The first kappa shape index (κ1) is 11.4. The van der Waals surface area contributed by atoms with Crippen LogP contribution in [0.25, 0.3) is 10.9 Å². The van der Waals surface area contributed by atoms with Gasteiger partial charge in [-0.2, -0.15) is 0 Å². The normalized spacial score (nSPS) is 32.4. The predicted molar refractivity (Wildman–Crippen MR) is 78.6 cm³/mol. The summed E-state index contributed by atoms with van der Waals surface area (Å²) in [5.74, 6) is 0.648. The first-order valence-electron chi connectivity index (χ1n) is 7.88. The smallest absolute Gasteiger partial charge is 0.131 e. The van der Waals surface area contributed by atoms with E-state index in [1.807, 2.05) is 0 Å². The van der Waals surface area contributed by atoms with Gasteiger partial charge in [-0.05, 0) is 49.8 Å². The fraction of sp³-hybridized carbons (Fsp3) is 0.529. The summed E-state index contributed by atoms with van der Waals surface area (Å²) in [6, 6.07) is 9.18. The van der Waals surface area contributed by atoms with Crippen molar-refractivity contribution in [2.24, 2.45) is 5.92 Å². The molecule has 1 fully saturated rings. The molecule has 1 aromatic heterocycles. The molecule has 2 aromatic rings. The molecule has 1 saturated heterocycles. The summed E-state index contributed by atoms with van der Waals surface area (Å²) in [6.45, 7) is 2.43. The molecule has 3 atom stereocenters. The Morgan fingerprint density at radius 2 is 2.05 bits per heavy atom. The van der Waals surface area contributed by atoms with Crippen molar-refractivity contribution < 1.29 is 5.11 Å². The van der Waals surface area contributed by atoms with Gasteiger partial charge in [0, 0.05) is 17.6 Å². The molecule has 20 heavy (non-hydrogen) atoms. The van der Waals surface area contributed by atoms with Crippen molar-refractivity contribution in [3.63, 3.8) is 0 Å². The maximum Gasteiger partial charge on any atom is 0.131 e. The lowest BCUT2D eigenvalue weighted by atomic mass is 9.78. The number of rotatable bonds is 0. The summed E-state index contributed by atoms with van der Waals surface area (Å²) >= 11 is 0. The average Bonchev–Trinajstić information content (AvgIpc) is 2.82. The molecule has 3 nitrogen and oxygen atoms in total. The van der Waals surface area contributed by atoms with Crippen molar-refractivity contribution in [1.29, 1.82) is 0 Å². The fourth-order valence-electron chi connectivity index (χ4n) is 4.93. The zero-order valence-electron chi connectivity index (χ0n) is 11.6. The Bertz CT molecular complexity index is 690. The van der Waals surface area contributed by atoms with Crippen molar-refractivity contribution in [1.82, 2.24) is 9.47 Å². The third kappa shape index (κ3) is 1.28. The van der Waals surface area contributed by atoms with E-state index < -0.39 is 0 Å². The number of piperidine rings is 1. The molecule has 5 rings (SSSR count). The summed E-state index contributed by atoms with van der Waals surface area (Å²) in [7, 11) is 0. The standard InChI is InChI=1S/C17H20N2O/c20-15-10-11-4-3-8-18-9-7-13-12-5-1-2-6-14(12)19(15)17(13)16(11)18/h1-2,5-6,11,15-16,20H,3-4,7-10H2/t11-,15+,16?/m0/s1. The Labute approximate surface area is 118 Å². The van der Waals surface area contributed by atoms with Gasteiger partial charge in [-0.3, -0.25) is 4.90 Å². The summed E-state index contributed by atoms with van der Waals surface area (Å²) in [6.07, 6.45) is 4.30. The van der Waals surface area contributed by atoms with E-state index in [2.05, 4.69) is 33.7 Å². The van der Waals surface area contributed by atoms with Crippen molar-refractivity contribution in [3.8, 4) is 0 Å². The van der Waals surface area contributed by atoms with E-state index in [4.69, 9.17) is 0 Å². The Morgan fingerprint density at radius 3 is 3.00 bits per heavy atom. The van der Waals surface area contributed by atoms with Crippen LogP contribution in [-0.4, -0.2) is 27.7 Å². The molecule has 4 heterocycles. The number of fused-ring (bicyclic) bond motifs is 3. The van der Waals surface area contributed by atoms with Gasteiger partial charge in [-0.15, -0.1) is 0 Å². The minimum atomic E-state index is -0.331. The molecule has 0 bridgehead atoms. The van der Waals surface area contributed by atoms with Gasteiger partial charge in [-0.1, -0.05) is 18.2 Å². The maximum absolute atomic E-state index is 10.7. The third-order valence-corrected chi connectivity index (χ3v) is 5.66. The van der Waals surface area contributed by atoms with Crippen LogP contribution in [0.3, 0.4) is 0 Å². The molecule has 3 aliphatic heterocycles. The van der Waals surface area contributed by atoms with E-state index in [1.54, 1.807) is 0 Å². The zero-order valence-corrected chi connectivity index (χ0v) is 11.6. The Balaban J connectivity index is 1.85. The van der Waals surface area contributed by atoms with E-state index in [0.717, 1.165) is 12.8 Å². The van der Waals surface area contributed by atoms with Crippen LogP contribution in [0.5, 0.6) is 0 Å². The highest BCUT2D eigenvalue weighted by molar-refractivity contribution is 5.86. The van der Waals surface area contributed by atoms with E-state index in [-0.39, 0.29) is 6.23 Å². The SMILES string of the molecule is O[C@@H]1C[C@@H]2CCCN3CCc4c(n1c1ccccc41)C23. The molecular formula is C17H20N2O. The van der Waals surface area contributed by atoms with Gasteiger partial charge < -0.3 is 9.67 Å². The minimum Gasteiger partial charge on any atom is -0.373 e. The molecule has 0 spiro atoms. The van der Waals surface area contributed by atoms with Crippen LogP contribution < -0.4 is 0 Å². The maximum atomic E-state index is 10.7. The molecule has 0 amide bonds. The molecule has 1 N–H and O–H groups in total. The van der Waals surface area contributed by atoms with Gasteiger partial charge in [-0.25, -0.2) is 0 Å². The monoisotopic (exact) mass is 268 g/mol. The van der Waals surface area contributed by atoms with Crippen LogP contribution >= 0.6 is 0 Å². The average molecular weight is 268 g/mol. The number of benzene rings is 1. The van der Waals surface area contributed by atoms with Crippen molar-refractivity contribution in [2.75, 3.05) is 13.1 Å². The van der Waals surface area contributed by atoms with Gasteiger partial charge in [0.05, 0.1) is 11.6 Å². The highest BCUT2D eigenvalue weighted by atomic mass is 16.3. The van der Waals surface area contributed by atoms with Crippen molar-refractivity contribution in [2.45, 2.75) is 38.0 Å². The summed E-state index contributed by atoms with van der Waals surface area (Å²) < 4.78 is 2.24. The van der Waals surface area contributed by atoms with Gasteiger partial charge >= 0.3 is 0 Å². The fourth-order valence-corrected chi connectivity index (χ4v) is 4.93. The van der Waals surface area contributed by atoms with Gasteiger partial charge in [0.1, 0.15) is 6.23 Å². The lowest BCUT2D eigenvalue weighted by molar-refractivity contribution is -0.0148. The molecule has 1 unspecified atom stereocenters. The van der Waals surface area contributed by atoms with Crippen LogP contribution in [0.4, 0.5) is 0 Å². The molecule has 3 aliphatic rings. The first-order valence-corrected chi connectivity index (χ1v) is 7.88. The minimum absolute atomic E-state index is 0.331. The molecular weight excluding hydrogens is 248 g/mol. The third-order valence-electron chi connectivity index (χ3n) is 5.66. The number of aromatic nitrogens is 1. The van der Waals surface area contributed by atoms with E-state index in [1.165, 1.54) is 48.1 Å². The first-order chi connectivity index (χ1) is 9.84. The number of hydrogen-bond donors (Lipinski definition) is 1. The lowest BCUT2D eigenvalue weighted by Crippen LogP contribution is -2.47. The highest BCUT2D eigenvalue weighted by Crippen LogP contribution is 2.50. The van der Waals surface area contributed by atoms with Gasteiger partial charge in [0.2, 0.25) is 0 Å². The number of aliphatic hydroxyl groups is 1.